The molecule has 0 unspecified atom stereocenters. The minimum absolute atomic E-state index is 0.0557. The average molecular weight is 283 g/mol. The zero-order valence-corrected chi connectivity index (χ0v) is 11.3. The summed E-state index contributed by atoms with van der Waals surface area (Å²) in [6, 6.07) is 11.6. The summed E-state index contributed by atoms with van der Waals surface area (Å²) in [5.74, 6) is 0.765. The van der Waals surface area contributed by atoms with Crippen LogP contribution in [0.1, 0.15) is 12.5 Å². The molecule has 1 aromatic heterocycles. The molecule has 0 bridgehead atoms. The van der Waals surface area contributed by atoms with E-state index in [4.69, 9.17) is 5.26 Å². The highest BCUT2D eigenvalue weighted by atomic mass is 16.6. The normalized spacial score (nSPS) is 9.71. The number of pyridine rings is 1. The van der Waals surface area contributed by atoms with E-state index in [-0.39, 0.29) is 5.69 Å². The van der Waals surface area contributed by atoms with Gasteiger partial charge in [-0.05, 0) is 25.1 Å². The number of nitriles is 1. The van der Waals surface area contributed by atoms with Crippen molar-refractivity contribution in [1.82, 2.24) is 4.98 Å². The van der Waals surface area contributed by atoms with E-state index in [0.29, 0.717) is 29.4 Å². The molecule has 0 aliphatic rings. The number of aromatic nitrogens is 1. The first kappa shape index (κ1) is 14.3. The molecule has 1 aromatic carbocycles. The van der Waals surface area contributed by atoms with Crippen LogP contribution < -0.4 is 10.6 Å². The van der Waals surface area contributed by atoms with Crippen LogP contribution in [-0.4, -0.2) is 16.5 Å². The van der Waals surface area contributed by atoms with Gasteiger partial charge < -0.3 is 10.6 Å². The molecule has 0 aliphatic heterocycles. The molecule has 0 radical (unpaired) electrons. The first-order chi connectivity index (χ1) is 10.1. The van der Waals surface area contributed by atoms with Crippen molar-refractivity contribution in [3.63, 3.8) is 0 Å². The molecular formula is C14H13N5O2. The number of nitrogens with one attached hydrogen (secondary N) is 2. The molecule has 0 saturated carbocycles. The Balaban J connectivity index is 2.34. The number of rotatable bonds is 5. The second-order valence-electron chi connectivity index (χ2n) is 4.20. The van der Waals surface area contributed by atoms with E-state index >= 15 is 0 Å². The Morgan fingerprint density at radius 3 is 2.76 bits per heavy atom. The van der Waals surface area contributed by atoms with Crippen molar-refractivity contribution in [2.45, 2.75) is 6.92 Å². The number of nitrogens with zero attached hydrogens (tertiary/aromatic N) is 3. The lowest BCUT2D eigenvalue weighted by Gasteiger charge is -2.08. The molecular weight excluding hydrogens is 270 g/mol. The summed E-state index contributed by atoms with van der Waals surface area (Å²) < 4.78 is 0. The van der Waals surface area contributed by atoms with Crippen LogP contribution in [0.15, 0.2) is 36.4 Å². The molecule has 2 rings (SSSR count). The van der Waals surface area contributed by atoms with Crippen LogP contribution in [0.4, 0.5) is 23.0 Å². The molecule has 0 saturated heterocycles. The van der Waals surface area contributed by atoms with Gasteiger partial charge in [0.05, 0.1) is 28.7 Å². The third-order valence-corrected chi connectivity index (χ3v) is 2.64. The highest BCUT2D eigenvalue weighted by Crippen LogP contribution is 2.23. The van der Waals surface area contributed by atoms with Crippen molar-refractivity contribution in [1.29, 1.82) is 5.26 Å². The van der Waals surface area contributed by atoms with Crippen LogP contribution in [-0.2, 0) is 0 Å². The van der Waals surface area contributed by atoms with E-state index in [2.05, 4.69) is 15.6 Å². The Kier molecular flexibility index (Phi) is 4.31. The second-order valence-corrected chi connectivity index (χ2v) is 4.20. The van der Waals surface area contributed by atoms with Gasteiger partial charge in [-0.3, -0.25) is 10.1 Å². The summed E-state index contributed by atoms with van der Waals surface area (Å²) in [5.41, 5.74) is 1.08. The fraction of sp³-hybridized carbons (Fsp3) is 0.143. The van der Waals surface area contributed by atoms with Crippen LogP contribution in [0, 0.1) is 21.4 Å². The molecule has 21 heavy (non-hydrogen) atoms. The number of anilines is 3. The van der Waals surface area contributed by atoms with Crippen molar-refractivity contribution in [2.75, 3.05) is 17.2 Å². The SMILES string of the molecule is CCNc1cc([N+](=O)[O-])cc(Nc2cccc(C#N)c2)n1. The fourth-order valence-corrected chi connectivity index (χ4v) is 1.77. The van der Waals surface area contributed by atoms with E-state index in [0.717, 1.165) is 0 Å². The molecule has 7 nitrogen and oxygen atoms in total. The summed E-state index contributed by atoms with van der Waals surface area (Å²) in [4.78, 5) is 14.7. The maximum atomic E-state index is 10.9. The van der Waals surface area contributed by atoms with Crippen molar-refractivity contribution < 1.29 is 4.92 Å². The van der Waals surface area contributed by atoms with E-state index in [1.807, 2.05) is 13.0 Å². The largest absolute Gasteiger partial charge is 0.370 e. The number of nitro groups is 1. The third-order valence-electron chi connectivity index (χ3n) is 2.64. The molecule has 0 amide bonds. The smallest absolute Gasteiger partial charge is 0.276 e. The predicted octanol–water partition coefficient (Wildman–Crippen LogP) is 3.04. The molecule has 2 aromatic rings. The summed E-state index contributed by atoms with van der Waals surface area (Å²) in [7, 11) is 0. The molecule has 1 heterocycles. The van der Waals surface area contributed by atoms with Gasteiger partial charge in [0, 0.05) is 12.2 Å². The van der Waals surface area contributed by atoms with Crippen LogP contribution >= 0.6 is 0 Å². The van der Waals surface area contributed by atoms with Gasteiger partial charge in [0.25, 0.3) is 5.69 Å². The summed E-state index contributed by atoms with van der Waals surface area (Å²) >= 11 is 0. The molecule has 0 fully saturated rings. The zero-order chi connectivity index (χ0) is 15.2. The first-order valence-corrected chi connectivity index (χ1v) is 6.30. The van der Waals surface area contributed by atoms with Gasteiger partial charge in [0.2, 0.25) is 0 Å². The Morgan fingerprint density at radius 1 is 1.33 bits per heavy atom. The lowest BCUT2D eigenvalue weighted by molar-refractivity contribution is -0.384. The van der Waals surface area contributed by atoms with E-state index in [1.54, 1.807) is 24.3 Å². The first-order valence-electron chi connectivity index (χ1n) is 6.30. The quantitative estimate of drug-likeness (QED) is 0.645. The topological polar surface area (TPSA) is 104 Å². The highest BCUT2D eigenvalue weighted by molar-refractivity contribution is 5.63. The maximum Gasteiger partial charge on any atom is 0.276 e. The van der Waals surface area contributed by atoms with Crippen LogP contribution in [0.25, 0.3) is 0 Å². The van der Waals surface area contributed by atoms with Crippen molar-refractivity contribution in [3.05, 3.63) is 52.1 Å². The minimum Gasteiger partial charge on any atom is -0.370 e. The van der Waals surface area contributed by atoms with E-state index in [1.165, 1.54) is 12.1 Å². The molecule has 0 spiro atoms. The lowest BCUT2D eigenvalue weighted by Crippen LogP contribution is -2.03. The molecule has 0 aliphatic carbocycles. The summed E-state index contributed by atoms with van der Waals surface area (Å²) in [6.45, 7) is 2.49. The Hall–Kier alpha value is -3.14. The Morgan fingerprint density at radius 2 is 2.10 bits per heavy atom. The Labute approximate surface area is 121 Å². The molecule has 106 valence electrons. The zero-order valence-electron chi connectivity index (χ0n) is 11.3. The standard InChI is InChI=1S/C14H13N5O2/c1-2-16-13-7-12(19(20)21)8-14(18-13)17-11-5-3-4-10(6-11)9-15/h3-8H,2H2,1H3,(H2,16,17,18). The summed E-state index contributed by atoms with van der Waals surface area (Å²) in [6.07, 6.45) is 0. The van der Waals surface area contributed by atoms with E-state index in [9.17, 15) is 10.1 Å². The predicted molar refractivity (Wildman–Crippen MR) is 79.5 cm³/mol. The van der Waals surface area contributed by atoms with Crippen LogP contribution in [0.2, 0.25) is 0 Å². The third kappa shape index (κ3) is 3.67. The number of hydrogen-bond donors (Lipinski definition) is 2. The molecule has 0 atom stereocenters. The van der Waals surface area contributed by atoms with Gasteiger partial charge >= 0.3 is 0 Å². The van der Waals surface area contributed by atoms with Gasteiger partial charge in [-0.25, -0.2) is 4.98 Å². The van der Waals surface area contributed by atoms with Crippen molar-refractivity contribution >= 4 is 23.0 Å². The number of benzene rings is 1. The molecule has 2 N–H and O–H groups in total. The maximum absolute atomic E-state index is 10.9. The Bertz CT molecular complexity index is 709. The number of hydrogen-bond acceptors (Lipinski definition) is 6. The van der Waals surface area contributed by atoms with Crippen LogP contribution in [0.5, 0.6) is 0 Å². The second kappa shape index (κ2) is 6.34. The fourth-order valence-electron chi connectivity index (χ4n) is 1.77. The van der Waals surface area contributed by atoms with Gasteiger partial charge in [-0.2, -0.15) is 5.26 Å². The summed E-state index contributed by atoms with van der Waals surface area (Å²) in [5, 5.41) is 25.7. The van der Waals surface area contributed by atoms with Gasteiger partial charge in [0.1, 0.15) is 11.6 Å². The van der Waals surface area contributed by atoms with Crippen LogP contribution in [0.3, 0.4) is 0 Å². The molecule has 7 heteroatoms. The van der Waals surface area contributed by atoms with Gasteiger partial charge in [0.15, 0.2) is 0 Å². The van der Waals surface area contributed by atoms with Gasteiger partial charge in [-0.1, -0.05) is 6.07 Å². The monoisotopic (exact) mass is 283 g/mol. The lowest BCUT2D eigenvalue weighted by atomic mass is 10.2. The minimum atomic E-state index is -0.473. The van der Waals surface area contributed by atoms with Crippen molar-refractivity contribution in [3.8, 4) is 6.07 Å². The van der Waals surface area contributed by atoms with E-state index < -0.39 is 4.92 Å². The van der Waals surface area contributed by atoms with Crippen molar-refractivity contribution in [2.24, 2.45) is 0 Å². The van der Waals surface area contributed by atoms with Gasteiger partial charge in [-0.15, -0.1) is 0 Å². The average Bonchev–Trinajstić information content (AvgIpc) is 2.47. The highest BCUT2D eigenvalue weighted by Gasteiger charge is 2.11.